The van der Waals surface area contributed by atoms with Gasteiger partial charge in [0, 0.05) is 29.5 Å². The summed E-state index contributed by atoms with van der Waals surface area (Å²) >= 11 is 1.60. The molecular formula is C23H24N4O2S. The Balaban J connectivity index is 1.79. The Morgan fingerprint density at radius 2 is 2.00 bits per heavy atom. The zero-order valence-electron chi connectivity index (χ0n) is 17.3. The second kappa shape index (κ2) is 7.27. The van der Waals surface area contributed by atoms with Crippen LogP contribution in [-0.2, 0) is 17.8 Å². The highest BCUT2D eigenvalue weighted by Gasteiger charge is 2.32. The zero-order valence-corrected chi connectivity index (χ0v) is 18.1. The lowest BCUT2D eigenvalue weighted by Gasteiger charge is -2.33. The lowest BCUT2D eigenvalue weighted by molar-refractivity contribution is -0.0394. The molecule has 0 unspecified atom stereocenters. The Kier molecular flexibility index (Phi) is 4.69. The lowest BCUT2D eigenvalue weighted by Crippen LogP contribution is -2.32. The summed E-state index contributed by atoms with van der Waals surface area (Å²) in [6.07, 6.45) is 1.92. The van der Waals surface area contributed by atoms with Gasteiger partial charge in [-0.05, 0) is 26.3 Å². The first-order valence-corrected chi connectivity index (χ1v) is 10.9. The molecule has 1 aliphatic rings. The zero-order chi connectivity index (χ0) is 20.9. The van der Waals surface area contributed by atoms with Crippen molar-refractivity contribution in [2.75, 3.05) is 11.9 Å². The first kappa shape index (κ1) is 19.4. The number of thiophene rings is 1. The number of rotatable bonds is 4. The maximum Gasteiger partial charge on any atom is 0.147 e. The fourth-order valence-electron chi connectivity index (χ4n) is 4.01. The summed E-state index contributed by atoms with van der Waals surface area (Å²) in [7, 11) is 0. The molecule has 1 aromatic carbocycles. The smallest absolute Gasteiger partial charge is 0.147 e. The van der Waals surface area contributed by atoms with E-state index in [2.05, 4.69) is 41.3 Å². The van der Waals surface area contributed by atoms with Crippen molar-refractivity contribution in [1.82, 2.24) is 15.0 Å². The summed E-state index contributed by atoms with van der Waals surface area (Å²) in [4.78, 5) is 15.1. The number of aliphatic hydroxyl groups is 1. The molecule has 1 atom stereocenters. The number of nitrogens with zero attached hydrogens (tertiary/aromatic N) is 3. The van der Waals surface area contributed by atoms with E-state index in [0.29, 0.717) is 13.2 Å². The Bertz CT molecular complexity index is 1230. The van der Waals surface area contributed by atoms with Crippen molar-refractivity contribution < 1.29 is 9.84 Å². The summed E-state index contributed by atoms with van der Waals surface area (Å²) in [5, 5.41) is 14.0. The van der Waals surface area contributed by atoms with Gasteiger partial charge in [0.2, 0.25) is 0 Å². The second-order valence-corrected chi connectivity index (χ2v) is 9.42. The van der Waals surface area contributed by atoms with Crippen LogP contribution in [0.2, 0.25) is 0 Å². The highest BCUT2D eigenvalue weighted by atomic mass is 32.1. The number of nitrogens with one attached hydrogen (secondary N) is 1. The van der Waals surface area contributed by atoms with Crippen LogP contribution in [0.1, 0.15) is 31.9 Å². The van der Waals surface area contributed by atoms with E-state index in [9.17, 15) is 5.11 Å². The van der Waals surface area contributed by atoms with E-state index in [1.54, 1.807) is 24.6 Å². The summed E-state index contributed by atoms with van der Waals surface area (Å²) in [6.45, 7) is 6.97. The second-order valence-electron chi connectivity index (χ2n) is 8.42. The van der Waals surface area contributed by atoms with E-state index < -0.39 is 6.10 Å². The summed E-state index contributed by atoms with van der Waals surface area (Å²) < 4.78 is 7.14. The molecule has 7 heteroatoms. The van der Waals surface area contributed by atoms with Crippen molar-refractivity contribution >= 4 is 37.6 Å². The molecule has 0 spiro atoms. The quantitative estimate of drug-likeness (QED) is 0.504. The van der Waals surface area contributed by atoms with Gasteiger partial charge in [-0.15, -0.1) is 11.3 Å². The predicted molar refractivity (Wildman–Crippen MR) is 121 cm³/mol. The molecule has 4 aromatic rings. The van der Waals surface area contributed by atoms with Gasteiger partial charge in [-0.3, -0.25) is 0 Å². The first-order valence-electron chi connectivity index (χ1n) is 10.1. The molecule has 0 amide bonds. The number of aromatic nitrogens is 3. The van der Waals surface area contributed by atoms with Gasteiger partial charge in [-0.2, -0.15) is 0 Å². The van der Waals surface area contributed by atoms with Crippen LogP contribution in [0.4, 0.5) is 5.82 Å². The topological polar surface area (TPSA) is 80.2 Å². The molecular weight excluding hydrogens is 396 g/mol. The Hall–Kier alpha value is -2.61. The average molecular weight is 421 g/mol. The molecule has 0 saturated heterocycles. The van der Waals surface area contributed by atoms with E-state index in [1.807, 2.05) is 18.2 Å². The molecule has 0 saturated carbocycles. The Labute approximate surface area is 179 Å². The monoisotopic (exact) mass is 420 g/mol. The Morgan fingerprint density at radius 1 is 1.20 bits per heavy atom. The van der Waals surface area contributed by atoms with E-state index >= 15 is 0 Å². The molecule has 0 aliphatic carbocycles. The molecule has 0 radical (unpaired) electrons. The van der Waals surface area contributed by atoms with Crippen LogP contribution in [0.25, 0.3) is 31.7 Å². The highest BCUT2D eigenvalue weighted by Crippen LogP contribution is 2.43. The van der Waals surface area contributed by atoms with E-state index in [-0.39, 0.29) is 5.60 Å². The summed E-state index contributed by atoms with van der Waals surface area (Å²) in [5.74, 6) is 0.741. The van der Waals surface area contributed by atoms with Crippen molar-refractivity contribution in [3.63, 3.8) is 0 Å². The third-order valence-electron chi connectivity index (χ3n) is 5.44. The third kappa shape index (κ3) is 3.33. The SMILES string of the molecule is C[C@@H](O)CNc1ncnc2c1sc1nc(-c3ccccc3)c3c(c12)CC(C)(C)OC3. The van der Waals surface area contributed by atoms with Gasteiger partial charge in [0.15, 0.2) is 0 Å². The normalized spacial score (nSPS) is 16.5. The number of hydrogen-bond acceptors (Lipinski definition) is 7. The molecule has 30 heavy (non-hydrogen) atoms. The standard InChI is InChI=1S/C23H24N4O2S/c1-13(28)10-24-21-20-19(25-12-26-21)17-15-9-23(2,3)29-11-16(15)18(27-22(17)30-20)14-7-5-4-6-8-14/h4-8,12-13,28H,9-11H2,1-3H3,(H,24,25,26)/t13-/m1/s1. The number of fused-ring (bicyclic) bond motifs is 5. The van der Waals surface area contributed by atoms with Crippen LogP contribution in [0, 0.1) is 0 Å². The van der Waals surface area contributed by atoms with Gasteiger partial charge < -0.3 is 15.2 Å². The fraction of sp³-hybridized carbons (Fsp3) is 0.348. The van der Waals surface area contributed by atoms with Crippen molar-refractivity contribution in [2.45, 2.75) is 45.5 Å². The van der Waals surface area contributed by atoms with Crippen LogP contribution >= 0.6 is 11.3 Å². The minimum absolute atomic E-state index is 0.246. The molecule has 6 nitrogen and oxygen atoms in total. The summed E-state index contributed by atoms with van der Waals surface area (Å²) in [6, 6.07) is 10.3. The number of benzene rings is 1. The molecule has 1 aliphatic heterocycles. The number of hydrogen-bond donors (Lipinski definition) is 2. The van der Waals surface area contributed by atoms with Gasteiger partial charge in [0.1, 0.15) is 17.0 Å². The largest absolute Gasteiger partial charge is 0.392 e. The first-order chi connectivity index (χ1) is 14.4. The van der Waals surface area contributed by atoms with Crippen LogP contribution in [0.15, 0.2) is 36.7 Å². The number of anilines is 1. The predicted octanol–water partition coefficient (Wildman–Crippen LogP) is 4.55. The van der Waals surface area contributed by atoms with Crippen LogP contribution in [0.3, 0.4) is 0 Å². The van der Waals surface area contributed by atoms with Crippen LogP contribution < -0.4 is 5.32 Å². The van der Waals surface area contributed by atoms with Crippen molar-refractivity contribution in [2.24, 2.45) is 0 Å². The maximum absolute atomic E-state index is 9.67. The Morgan fingerprint density at radius 3 is 2.77 bits per heavy atom. The van der Waals surface area contributed by atoms with Gasteiger partial charge in [-0.1, -0.05) is 30.3 Å². The fourth-order valence-corrected chi connectivity index (χ4v) is 5.14. The lowest BCUT2D eigenvalue weighted by atomic mass is 9.88. The van der Waals surface area contributed by atoms with E-state index in [1.165, 1.54) is 5.56 Å². The minimum atomic E-state index is -0.460. The van der Waals surface area contributed by atoms with Crippen LogP contribution in [0.5, 0.6) is 0 Å². The van der Waals surface area contributed by atoms with Crippen LogP contribution in [-0.4, -0.2) is 38.3 Å². The van der Waals surface area contributed by atoms with Crippen molar-refractivity contribution in [1.29, 1.82) is 0 Å². The molecule has 3 aromatic heterocycles. The minimum Gasteiger partial charge on any atom is -0.392 e. The number of aliphatic hydroxyl groups excluding tert-OH is 1. The molecule has 5 rings (SSSR count). The molecule has 4 heterocycles. The van der Waals surface area contributed by atoms with Crippen molar-refractivity contribution in [3.8, 4) is 11.3 Å². The van der Waals surface area contributed by atoms with Gasteiger partial charge in [-0.25, -0.2) is 15.0 Å². The summed E-state index contributed by atoms with van der Waals surface area (Å²) in [5.41, 5.74) is 5.15. The molecule has 0 fully saturated rings. The number of pyridine rings is 1. The van der Waals surface area contributed by atoms with Gasteiger partial charge >= 0.3 is 0 Å². The average Bonchev–Trinajstić information content (AvgIpc) is 3.11. The molecule has 2 N–H and O–H groups in total. The van der Waals surface area contributed by atoms with E-state index in [0.717, 1.165) is 49.5 Å². The maximum atomic E-state index is 9.67. The van der Waals surface area contributed by atoms with Crippen molar-refractivity contribution in [3.05, 3.63) is 47.8 Å². The number of ether oxygens (including phenoxy) is 1. The van der Waals surface area contributed by atoms with E-state index in [4.69, 9.17) is 9.72 Å². The van der Waals surface area contributed by atoms with Gasteiger partial charge in [0.25, 0.3) is 0 Å². The van der Waals surface area contributed by atoms with Gasteiger partial charge in [0.05, 0.1) is 34.2 Å². The molecule has 154 valence electrons. The highest BCUT2D eigenvalue weighted by molar-refractivity contribution is 7.26. The molecule has 0 bridgehead atoms. The third-order valence-corrected chi connectivity index (χ3v) is 6.52.